The maximum absolute atomic E-state index is 14.4. The zero-order valence-corrected chi connectivity index (χ0v) is 22.9. The second-order valence-electron chi connectivity index (χ2n) is 9.81. The molecule has 3 unspecified atom stereocenters. The molecular weight excluding hydrogens is 505 g/mol. The summed E-state index contributed by atoms with van der Waals surface area (Å²) in [6.07, 6.45) is 4.53. The molecule has 0 aromatic heterocycles. The van der Waals surface area contributed by atoms with E-state index in [2.05, 4.69) is 27.3 Å². The highest BCUT2D eigenvalue weighted by molar-refractivity contribution is 6.31. The van der Waals surface area contributed by atoms with Gasteiger partial charge in [-0.25, -0.2) is 4.39 Å². The first-order chi connectivity index (χ1) is 18.2. The summed E-state index contributed by atoms with van der Waals surface area (Å²) in [5, 5.41) is 20.2. The Hall–Kier alpha value is -3.23. The third-order valence-electron chi connectivity index (χ3n) is 6.87. The normalized spacial score (nSPS) is 20.8. The Kier molecular flexibility index (Phi) is 10.9. The quantitative estimate of drug-likeness (QED) is 0.236. The van der Waals surface area contributed by atoms with Crippen molar-refractivity contribution in [3.05, 3.63) is 75.7 Å². The van der Waals surface area contributed by atoms with Gasteiger partial charge in [0.1, 0.15) is 0 Å². The molecule has 0 radical (unpaired) electrons. The second-order valence-corrected chi connectivity index (χ2v) is 10.2. The number of fused-ring (bicyclic) bond motifs is 2. The van der Waals surface area contributed by atoms with Gasteiger partial charge >= 0.3 is 0 Å². The molecule has 9 heteroatoms. The van der Waals surface area contributed by atoms with Crippen LogP contribution in [0.5, 0.6) is 0 Å². The minimum Gasteiger partial charge on any atom is -0.356 e. The molecule has 2 aromatic rings. The minimum absolute atomic E-state index is 0.00757. The summed E-state index contributed by atoms with van der Waals surface area (Å²) in [5.74, 6) is -1.15. The summed E-state index contributed by atoms with van der Waals surface area (Å²) in [6, 6.07) is 12.3. The SMILES string of the molecule is CNCCC1Cc2cccc(c2)C(NC(=O)/C(C=N)=C(\C)Nc2cccc(Cl)c2F)CCCC(C)C(=O)N1. The fourth-order valence-corrected chi connectivity index (χ4v) is 4.81. The first kappa shape index (κ1) is 29.3. The number of carbonyl (C=O) groups excluding carboxylic acids is 2. The van der Waals surface area contributed by atoms with E-state index in [9.17, 15) is 14.0 Å². The van der Waals surface area contributed by atoms with Crippen molar-refractivity contribution in [1.29, 1.82) is 5.41 Å². The van der Waals surface area contributed by atoms with Crippen molar-refractivity contribution in [3.63, 3.8) is 0 Å². The maximum atomic E-state index is 14.4. The van der Waals surface area contributed by atoms with Gasteiger partial charge in [0.2, 0.25) is 5.91 Å². The van der Waals surface area contributed by atoms with E-state index in [1.165, 1.54) is 12.1 Å². The lowest BCUT2D eigenvalue weighted by atomic mass is 9.92. The zero-order valence-electron chi connectivity index (χ0n) is 22.2. The summed E-state index contributed by atoms with van der Waals surface area (Å²) in [6.45, 7) is 4.35. The van der Waals surface area contributed by atoms with Crippen molar-refractivity contribution in [3.8, 4) is 0 Å². The second kappa shape index (κ2) is 14.1. The number of hydrogen-bond acceptors (Lipinski definition) is 5. The van der Waals surface area contributed by atoms with Crippen molar-refractivity contribution in [2.45, 2.75) is 58.0 Å². The zero-order chi connectivity index (χ0) is 27.7. The van der Waals surface area contributed by atoms with Gasteiger partial charge in [0.15, 0.2) is 5.82 Å². The number of amides is 2. The van der Waals surface area contributed by atoms with Gasteiger partial charge in [0.25, 0.3) is 5.91 Å². The summed E-state index contributed by atoms with van der Waals surface area (Å²) >= 11 is 5.88. The van der Waals surface area contributed by atoms with Gasteiger partial charge in [-0.15, -0.1) is 0 Å². The maximum Gasteiger partial charge on any atom is 0.255 e. The lowest BCUT2D eigenvalue weighted by Gasteiger charge is -2.25. The predicted molar refractivity (Wildman–Crippen MR) is 151 cm³/mol. The van der Waals surface area contributed by atoms with Gasteiger partial charge in [0.05, 0.1) is 22.3 Å². The smallest absolute Gasteiger partial charge is 0.255 e. The van der Waals surface area contributed by atoms with Gasteiger partial charge < -0.3 is 26.7 Å². The number of anilines is 1. The number of hydrogen-bond donors (Lipinski definition) is 5. The Balaban J connectivity index is 1.86. The first-order valence-corrected chi connectivity index (χ1v) is 13.4. The molecule has 38 heavy (non-hydrogen) atoms. The van der Waals surface area contributed by atoms with Crippen LogP contribution in [-0.4, -0.2) is 37.7 Å². The number of rotatable bonds is 8. The molecule has 0 saturated heterocycles. The van der Waals surface area contributed by atoms with E-state index in [0.29, 0.717) is 25.0 Å². The van der Waals surface area contributed by atoms with Gasteiger partial charge in [-0.3, -0.25) is 9.59 Å². The molecule has 2 aromatic carbocycles. The number of carbonyl (C=O) groups is 2. The van der Waals surface area contributed by atoms with E-state index in [-0.39, 0.29) is 40.2 Å². The lowest BCUT2D eigenvalue weighted by Crippen LogP contribution is -2.41. The van der Waals surface area contributed by atoms with E-state index in [0.717, 1.165) is 36.7 Å². The van der Waals surface area contributed by atoms with Crippen molar-refractivity contribution >= 4 is 35.3 Å². The summed E-state index contributed by atoms with van der Waals surface area (Å²) in [7, 11) is 1.90. The standard InChI is InChI=1S/C29H37ClFN5O2/c1-18-7-4-11-25(21-9-5-8-20(15-21)16-22(13-14-33-3)35-28(18)37)36-29(38)23(17-32)19(2)34-26-12-6-10-24(30)27(26)31/h5-6,8-10,12,15,17-18,22,25,32-34H,4,7,11,13-14,16H2,1-3H3,(H,35,37)(H,36,38)/b23-19+,32-17?. The van der Waals surface area contributed by atoms with Crippen LogP contribution in [0.25, 0.3) is 0 Å². The van der Waals surface area contributed by atoms with Gasteiger partial charge in [-0.05, 0) is 69.5 Å². The number of halogens is 2. The molecule has 0 fully saturated rings. The fraction of sp³-hybridized carbons (Fsp3) is 0.414. The summed E-state index contributed by atoms with van der Waals surface area (Å²) in [4.78, 5) is 26.1. The summed E-state index contributed by atoms with van der Waals surface area (Å²) in [5.41, 5.74) is 2.60. The molecule has 3 atom stereocenters. The molecule has 7 nitrogen and oxygen atoms in total. The Labute approximate surface area is 229 Å². The van der Waals surface area contributed by atoms with E-state index >= 15 is 0 Å². The van der Waals surface area contributed by atoms with E-state index in [1.54, 1.807) is 13.0 Å². The van der Waals surface area contributed by atoms with Crippen molar-refractivity contribution in [2.24, 2.45) is 5.92 Å². The molecule has 2 bridgehead atoms. The van der Waals surface area contributed by atoms with Crippen LogP contribution in [0.1, 0.15) is 56.7 Å². The van der Waals surface area contributed by atoms with E-state index in [1.807, 2.05) is 32.2 Å². The van der Waals surface area contributed by atoms with Crippen LogP contribution in [0.3, 0.4) is 0 Å². The van der Waals surface area contributed by atoms with Crippen LogP contribution < -0.4 is 21.3 Å². The third kappa shape index (κ3) is 7.88. The molecule has 1 aliphatic rings. The first-order valence-electron chi connectivity index (χ1n) is 13.0. The molecule has 2 amide bonds. The number of nitrogens with one attached hydrogen (secondary N) is 5. The molecule has 204 valence electrons. The Morgan fingerprint density at radius 2 is 2.00 bits per heavy atom. The van der Waals surface area contributed by atoms with Crippen molar-refractivity contribution < 1.29 is 14.0 Å². The molecule has 1 aliphatic heterocycles. The summed E-state index contributed by atoms with van der Waals surface area (Å²) < 4.78 is 14.4. The minimum atomic E-state index is -0.624. The molecule has 0 spiro atoms. The highest BCUT2D eigenvalue weighted by atomic mass is 35.5. The van der Waals surface area contributed by atoms with E-state index in [4.69, 9.17) is 17.0 Å². The monoisotopic (exact) mass is 541 g/mol. The fourth-order valence-electron chi connectivity index (χ4n) is 4.64. The molecule has 3 rings (SSSR count). The van der Waals surface area contributed by atoms with Crippen molar-refractivity contribution in [1.82, 2.24) is 16.0 Å². The van der Waals surface area contributed by atoms with E-state index < -0.39 is 11.7 Å². The molecular formula is C29H37ClFN5O2. The average Bonchev–Trinajstić information content (AvgIpc) is 2.89. The highest BCUT2D eigenvalue weighted by Crippen LogP contribution is 2.26. The molecule has 5 N–H and O–H groups in total. The Morgan fingerprint density at radius 1 is 1.24 bits per heavy atom. The van der Waals surface area contributed by atoms with Crippen LogP contribution in [-0.2, 0) is 16.0 Å². The number of benzene rings is 2. The average molecular weight is 542 g/mol. The highest BCUT2D eigenvalue weighted by Gasteiger charge is 2.23. The topological polar surface area (TPSA) is 106 Å². The Bertz CT molecular complexity index is 1190. The van der Waals surface area contributed by atoms with Crippen LogP contribution in [0, 0.1) is 17.1 Å². The van der Waals surface area contributed by atoms with Gasteiger partial charge in [0, 0.05) is 23.9 Å². The number of allylic oxidation sites excluding steroid dienone is 1. The van der Waals surface area contributed by atoms with Crippen LogP contribution in [0.2, 0.25) is 5.02 Å². The predicted octanol–water partition coefficient (Wildman–Crippen LogP) is 5.13. The van der Waals surface area contributed by atoms with Crippen LogP contribution in [0.4, 0.5) is 10.1 Å². The van der Waals surface area contributed by atoms with Gasteiger partial charge in [-0.2, -0.15) is 0 Å². The van der Waals surface area contributed by atoms with Crippen molar-refractivity contribution in [2.75, 3.05) is 18.9 Å². The largest absolute Gasteiger partial charge is 0.356 e. The molecule has 0 saturated carbocycles. The third-order valence-corrected chi connectivity index (χ3v) is 7.17. The van der Waals surface area contributed by atoms with Gasteiger partial charge in [-0.1, -0.05) is 55.3 Å². The van der Waals surface area contributed by atoms with Crippen LogP contribution in [0.15, 0.2) is 53.7 Å². The van der Waals surface area contributed by atoms with Crippen LogP contribution >= 0.6 is 11.6 Å². The molecule has 0 aliphatic carbocycles. The molecule has 1 heterocycles. The lowest BCUT2D eigenvalue weighted by molar-refractivity contribution is -0.125. The Morgan fingerprint density at radius 3 is 2.74 bits per heavy atom.